The highest BCUT2D eigenvalue weighted by molar-refractivity contribution is 5.89. The van der Waals surface area contributed by atoms with Crippen LogP contribution in [0.5, 0.6) is 0 Å². The van der Waals surface area contributed by atoms with E-state index in [1.165, 1.54) is 99.1 Å². The van der Waals surface area contributed by atoms with Crippen molar-refractivity contribution in [2.75, 3.05) is 84.6 Å². The average molecular weight is 1660 g/mol. The zero-order chi connectivity index (χ0) is 96.8. The third-order valence-electron chi connectivity index (χ3n) is 13.1. The zero-order valence-electron chi connectivity index (χ0n) is 88.7. The summed E-state index contributed by atoms with van der Waals surface area (Å²) in [7, 11) is 22.9. The Labute approximate surface area is 747 Å². The van der Waals surface area contributed by atoms with E-state index in [2.05, 4.69) is 296 Å². The maximum Gasteiger partial charge on any atom is 0.0318 e. The van der Waals surface area contributed by atoms with Crippen LogP contribution < -0.4 is 0 Å². The van der Waals surface area contributed by atoms with Crippen molar-refractivity contribution < 1.29 is 0 Å². The van der Waals surface area contributed by atoms with E-state index in [0.29, 0.717) is 0 Å². The molecule has 0 fully saturated rings. The van der Waals surface area contributed by atoms with Crippen LogP contribution in [-0.4, -0.2) is 149 Å². The van der Waals surface area contributed by atoms with Gasteiger partial charge in [0.25, 0.3) is 0 Å². The fourth-order valence-electron chi connectivity index (χ4n) is 9.19. The minimum atomic E-state index is 1.09. The van der Waals surface area contributed by atoms with Gasteiger partial charge < -0.3 is 30.1 Å². The first-order valence-electron chi connectivity index (χ1n) is 44.1. The van der Waals surface area contributed by atoms with Crippen LogP contribution >= 0.6 is 0 Å². The van der Waals surface area contributed by atoms with Crippen molar-refractivity contribution in [2.24, 2.45) is 30.6 Å². The van der Waals surface area contributed by atoms with Crippen molar-refractivity contribution in [3.05, 3.63) is 249 Å². The zero-order valence-corrected chi connectivity index (χ0v) is 88.7. The third kappa shape index (κ3) is 94.1. The molecule has 684 valence electrons. The van der Waals surface area contributed by atoms with Crippen LogP contribution in [0.2, 0.25) is 0 Å². The van der Waals surface area contributed by atoms with E-state index in [9.17, 15) is 0 Å². The number of nitrogens with zero attached hydrogens (tertiary/aromatic N) is 12. The molecule has 0 unspecified atom stereocenters. The summed E-state index contributed by atoms with van der Waals surface area (Å²) >= 11 is 0. The van der Waals surface area contributed by atoms with Gasteiger partial charge in [0.15, 0.2) is 0 Å². The summed E-state index contributed by atoms with van der Waals surface area (Å²) in [5, 5.41) is 43.0. The van der Waals surface area contributed by atoms with E-state index in [0.717, 1.165) is 34.3 Å². The highest BCUT2D eigenvalue weighted by atomic mass is 15.4. The third-order valence-corrected chi connectivity index (χ3v) is 13.1. The van der Waals surface area contributed by atoms with Crippen LogP contribution in [0.4, 0.5) is 0 Å². The molecule has 9 aromatic carbocycles. The highest BCUT2D eigenvalue weighted by Crippen LogP contribution is 2.23. The molecular formula is C108H192N12. The topological polar surface area (TPSA) is 93.6 Å². The summed E-state index contributed by atoms with van der Waals surface area (Å²) in [6.45, 7) is 85.2. The molecular weight excluding hydrogens is 1470 g/mol. The Balaban J connectivity index is -0.000000105. The van der Waals surface area contributed by atoms with Crippen molar-refractivity contribution in [3.63, 3.8) is 0 Å². The quantitative estimate of drug-likeness (QED) is 0.122. The molecule has 9 rings (SSSR count). The minimum absolute atomic E-state index is 1.09. The van der Waals surface area contributed by atoms with Gasteiger partial charge in [0.05, 0.1) is 0 Å². The van der Waals surface area contributed by atoms with Crippen molar-refractivity contribution >= 4 is 66.6 Å². The monoisotopic (exact) mass is 1660 g/mol. The van der Waals surface area contributed by atoms with E-state index in [4.69, 9.17) is 0 Å². The molecule has 9 aromatic rings. The van der Waals surface area contributed by atoms with E-state index >= 15 is 0 Å². The molecule has 0 radical (unpaired) electrons. The Morgan fingerprint density at radius 2 is 0.325 bits per heavy atom. The standard InChI is InChI=1S/3C12H12.3C8H10.6C5H12N2.9C2H6/c1-9-3-5-12-8-10(2)4-6-11(12)7-9;2*1-9-7-8-10(2)12-6-4-3-5-11(9)12;1-7-3-5-8(2)6-4-7;1-7-4-3-5-8(2)6-7;1-7-5-3-4-6-8(7)2;6*1-5(2)6-7(3)4;9*1-2/h3*3-8H,1-2H3;3*3-6H,1-2H3;6*1-4H3;9*1-2H3. The van der Waals surface area contributed by atoms with Gasteiger partial charge in [0, 0.05) is 119 Å². The second-order valence-corrected chi connectivity index (χ2v) is 27.6. The Kier molecular flexibility index (Phi) is 108. The SMILES string of the molecule is CC.CC.CC.CC.CC.CC.CC.CC.CC.CC(C)=NN(C)C.CC(C)=NN(C)C.CC(C)=NN(C)C.CC(C)=NN(C)C.CC(C)=NN(C)C.CC(C)=NN(C)C.Cc1ccc(C)c2ccccc12.Cc1ccc(C)c2ccccc12.Cc1ccc(C)cc1.Cc1ccc2cc(C)ccc2c1.Cc1cccc(C)c1.Cc1ccccc1C. The second-order valence-electron chi connectivity index (χ2n) is 27.6. The van der Waals surface area contributed by atoms with Crippen LogP contribution in [0.15, 0.2) is 213 Å². The molecule has 0 aromatic heterocycles. The first-order valence-corrected chi connectivity index (χ1v) is 44.1. The van der Waals surface area contributed by atoms with Gasteiger partial charge >= 0.3 is 0 Å². The summed E-state index contributed by atoms with van der Waals surface area (Å²) in [6.07, 6.45) is 0. The number of aryl methyl sites for hydroxylation is 12. The molecule has 0 atom stereocenters. The molecule has 0 bridgehead atoms. The van der Waals surface area contributed by atoms with Gasteiger partial charge in [-0.05, 0) is 232 Å². The molecule has 0 saturated carbocycles. The van der Waals surface area contributed by atoms with Gasteiger partial charge in [0.2, 0.25) is 0 Å². The van der Waals surface area contributed by atoms with Crippen LogP contribution in [0, 0.1) is 83.1 Å². The van der Waals surface area contributed by atoms with Crippen molar-refractivity contribution in [3.8, 4) is 0 Å². The fourth-order valence-corrected chi connectivity index (χ4v) is 9.19. The Morgan fingerprint density at radius 1 is 0.167 bits per heavy atom. The predicted molar refractivity (Wildman–Crippen MR) is 565 cm³/mol. The lowest BCUT2D eigenvalue weighted by molar-refractivity contribution is 0.437. The molecule has 0 spiro atoms. The first kappa shape index (κ1) is 137. The van der Waals surface area contributed by atoms with Crippen LogP contribution in [0.25, 0.3) is 32.3 Å². The molecule has 12 heteroatoms. The molecule has 0 aliphatic rings. The molecule has 0 N–H and O–H groups in total. The van der Waals surface area contributed by atoms with Crippen molar-refractivity contribution in [1.29, 1.82) is 0 Å². The van der Waals surface area contributed by atoms with Crippen LogP contribution in [-0.2, 0) is 0 Å². The van der Waals surface area contributed by atoms with Gasteiger partial charge in [-0.1, -0.05) is 340 Å². The Morgan fingerprint density at radius 3 is 0.458 bits per heavy atom. The fraction of sp³-hybridized carbons (Fsp3) is 0.500. The van der Waals surface area contributed by atoms with Gasteiger partial charge in [-0.25, -0.2) is 0 Å². The van der Waals surface area contributed by atoms with E-state index in [1.54, 1.807) is 30.1 Å². The first-order chi connectivity index (χ1) is 56.5. The van der Waals surface area contributed by atoms with Crippen molar-refractivity contribution in [2.45, 2.75) is 291 Å². The number of benzene rings is 9. The summed E-state index contributed by atoms with van der Waals surface area (Å²) < 4.78 is 0. The second kappa shape index (κ2) is 95.1. The molecule has 0 heterocycles. The smallest absolute Gasteiger partial charge is 0.0318 e. The van der Waals surface area contributed by atoms with Gasteiger partial charge in [0.1, 0.15) is 0 Å². The molecule has 0 saturated heterocycles. The Hall–Kier alpha value is -9.42. The highest BCUT2D eigenvalue weighted by Gasteiger charge is 1.99. The molecule has 0 aliphatic carbocycles. The van der Waals surface area contributed by atoms with Crippen LogP contribution in [0.1, 0.15) is 274 Å². The maximum absolute atomic E-state index is 4.03. The largest absolute Gasteiger partial charge is 0.303 e. The number of hydrazone groups is 6. The molecule has 120 heavy (non-hydrogen) atoms. The molecule has 0 aliphatic heterocycles. The minimum Gasteiger partial charge on any atom is -0.303 e. The number of fused-ring (bicyclic) bond motifs is 3. The number of rotatable bonds is 6. The molecule has 12 nitrogen and oxygen atoms in total. The van der Waals surface area contributed by atoms with Gasteiger partial charge in [-0.3, -0.25) is 0 Å². The lowest BCUT2D eigenvalue weighted by Gasteiger charge is -2.03. The van der Waals surface area contributed by atoms with Crippen LogP contribution in [0.3, 0.4) is 0 Å². The predicted octanol–water partition coefficient (Wildman–Crippen LogP) is 32.2. The lowest BCUT2D eigenvalue weighted by atomic mass is 10.0. The summed E-state index contributed by atoms with van der Waals surface area (Å²) in [5.74, 6) is 0. The summed E-state index contributed by atoms with van der Waals surface area (Å²) in [5.41, 5.74) is 22.7. The molecule has 0 amide bonds. The normalized spacial score (nSPS) is 8.25. The average Bonchev–Trinajstić information content (AvgIpc) is 0.832. The van der Waals surface area contributed by atoms with Crippen molar-refractivity contribution in [1.82, 2.24) is 30.1 Å². The maximum atomic E-state index is 4.03. The van der Waals surface area contributed by atoms with Gasteiger partial charge in [-0.2, -0.15) is 30.6 Å². The number of hydrogen-bond acceptors (Lipinski definition) is 12. The van der Waals surface area contributed by atoms with E-state index < -0.39 is 0 Å². The lowest BCUT2D eigenvalue weighted by Crippen LogP contribution is -2.03. The Bertz CT molecular complexity index is 3480. The summed E-state index contributed by atoms with van der Waals surface area (Å²) in [6, 6.07) is 64.2. The van der Waals surface area contributed by atoms with E-state index in [-0.39, 0.29) is 0 Å². The number of hydrogen-bond donors (Lipinski definition) is 0. The van der Waals surface area contributed by atoms with E-state index in [1.807, 2.05) is 292 Å². The van der Waals surface area contributed by atoms with Gasteiger partial charge in [-0.15, -0.1) is 0 Å². The summed E-state index contributed by atoms with van der Waals surface area (Å²) in [4.78, 5) is 0.